The Morgan fingerprint density at radius 2 is 1.74 bits per heavy atom. The lowest BCUT2D eigenvalue weighted by molar-refractivity contribution is 0.282. The summed E-state index contributed by atoms with van der Waals surface area (Å²) in [4.78, 5) is 2.38. The Bertz CT molecular complexity index is 682. The highest BCUT2D eigenvalue weighted by Crippen LogP contribution is 2.39. The Morgan fingerprint density at radius 1 is 1.09 bits per heavy atom. The molecule has 122 valence electrons. The van der Waals surface area contributed by atoms with Crippen molar-refractivity contribution < 1.29 is 14.6 Å². The fourth-order valence-corrected chi connectivity index (χ4v) is 3.29. The van der Waals surface area contributed by atoms with Gasteiger partial charge in [-0.05, 0) is 54.3 Å². The third-order valence-electron chi connectivity index (χ3n) is 4.64. The highest BCUT2D eigenvalue weighted by atomic mass is 16.5. The molecule has 0 fully saturated rings. The van der Waals surface area contributed by atoms with Crippen LogP contribution in [0.15, 0.2) is 36.4 Å². The molecule has 4 heteroatoms. The minimum absolute atomic E-state index is 0.0790. The number of nitrogens with zero attached hydrogens (tertiary/aromatic N) is 1. The summed E-state index contributed by atoms with van der Waals surface area (Å²) in [5.41, 5.74) is 4.71. The number of methoxy groups -OCH3 is 2. The van der Waals surface area contributed by atoms with Gasteiger partial charge < -0.3 is 19.5 Å². The zero-order valence-corrected chi connectivity index (χ0v) is 13.9. The van der Waals surface area contributed by atoms with Gasteiger partial charge in [0.1, 0.15) is 0 Å². The number of hydrogen-bond donors (Lipinski definition) is 1. The van der Waals surface area contributed by atoms with Crippen LogP contribution in [0.1, 0.15) is 29.7 Å². The van der Waals surface area contributed by atoms with Crippen LogP contribution in [0, 0.1) is 0 Å². The van der Waals surface area contributed by atoms with Gasteiger partial charge in [0.2, 0.25) is 0 Å². The van der Waals surface area contributed by atoms with E-state index >= 15 is 0 Å². The van der Waals surface area contributed by atoms with Crippen molar-refractivity contribution in [3.63, 3.8) is 0 Å². The average Bonchev–Trinajstić information content (AvgIpc) is 2.61. The number of benzene rings is 2. The molecule has 0 saturated heterocycles. The van der Waals surface area contributed by atoms with E-state index in [4.69, 9.17) is 9.47 Å². The summed E-state index contributed by atoms with van der Waals surface area (Å²) in [6.45, 7) is 3.25. The zero-order valence-electron chi connectivity index (χ0n) is 13.9. The Kier molecular flexibility index (Phi) is 4.44. The molecule has 3 rings (SSSR count). The van der Waals surface area contributed by atoms with Crippen molar-refractivity contribution in [1.29, 1.82) is 0 Å². The van der Waals surface area contributed by atoms with Crippen molar-refractivity contribution in [1.82, 2.24) is 0 Å². The van der Waals surface area contributed by atoms with Gasteiger partial charge in [-0.3, -0.25) is 0 Å². The molecule has 0 spiro atoms. The van der Waals surface area contributed by atoms with E-state index in [0.717, 1.165) is 30.0 Å². The van der Waals surface area contributed by atoms with Crippen LogP contribution in [0.3, 0.4) is 0 Å². The molecule has 2 aromatic carbocycles. The van der Waals surface area contributed by atoms with Crippen LogP contribution in [0.2, 0.25) is 0 Å². The molecule has 2 aromatic rings. The first-order valence-corrected chi connectivity index (χ1v) is 7.89. The molecule has 4 nitrogen and oxygen atoms in total. The minimum atomic E-state index is 0.0790. The van der Waals surface area contributed by atoms with E-state index < -0.39 is 0 Å². The standard InChI is InChI=1S/C19H23NO3/c1-13-17-11-19(23-3)18(22-2)10-15(17)8-9-20(13)16-6-4-14(12-21)5-7-16/h4-7,10-11,13,21H,8-9,12H2,1-3H3. The largest absolute Gasteiger partial charge is 0.493 e. The molecule has 0 aliphatic carbocycles. The van der Waals surface area contributed by atoms with Gasteiger partial charge in [-0.2, -0.15) is 0 Å². The molecule has 1 heterocycles. The van der Waals surface area contributed by atoms with Crippen molar-refractivity contribution in [3.05, 3.63) is 53.1 Å². The van der Waals surface area contributed by atoms with E-state index in [-0.39, 0.29) is 12.6 Å². The zero-order chi connectivity index (χ0) is 16.4. The summed E-state index contributed by atoms with van der Waals surface area (Å²) < 4.78 is 10.9. The van der Waals surface area contributed by atoms with Gasteiger partial charge in [0.15, 0.2) is 11.5 Å². The normalized spacial score (nSPS) is 16.9. The van der Waals surface area contributed by atoms with Crippen LogP contribution in [0.5, 0.6) is 11.5 Å². The summed E-state index contributed by atoms with van der Waals surface area (Å²) in [5.74, 6) is 1.56. The van der Waals surface area contributed by atoms with Crippen LogP contribution < -0.4 is 14.4 Å². The number of anilines is 1. The first-order chi connectivity index (χ1) is 11.2. The van der Waals surface area contributed by atoms with Crippen molar-refractivity contribution in [3.8, 4) is 11.5 Å². The van der Waals surface area contributed by atoms with Crippen molar-refractivity contribution in [2.75, 3.05) is 25.7 Å². The third kappa shape index (κ3) is 2.86. The predicted octanol–water partition coefficient (Wildman–Crippen LogP) is 3.32. The molecule has 0 radical (unpaired) electrons. The second-order valence-electron chi connectivity index (χ2n) is 5.85. The predicted molar refractivity (Wildman–Crippen MR) is 91.4 cm³/mol. The van der Waals surface area contributed by atoms with Crippen LogP contribution in [0.25, 0.3) is 0 Å². The van der Waals surface area contributed by atoms with E-state index in [1.807, 2.05) is 12.1 Å². The Morgan fingerprint density at radius 3 is 2.35 bits per heavy atom. The van der Waals surface area contributed by atoms with Crippen LogP contribution in [-0.4, -0.2) is 25.9 Å². The average molecular weight is 313 g/mol. The van der Waals surface area contributed by atoms with Gasteiger partial charge in [-0.25, -0.2) is 0 Å². The van der Waals surface area contributed by atoms with Crippen LogP contribution in [-0.2, 0) is 13.0 Å². The van der Waals surface area contributed by atoms with E-state index in [0.29, 0.717) is 0 Å². The fraction of sp³-hybridized carbons (Fsp3) is 0.368. The Balaban J connectivity index is 1.94. The minimum Gasteiger partial charge on any atom is -0.493 e. The molecule has 0 amide bonds. The van der Waals surface area contributed by atoms with Gasteiger partial charge in [-0.15, -0.1) is 0 Å². The highest BCUT2D eigenvalue weighted by Gasteiger charge is 2.26. The van der Waals surface area contributed by atoms with Crippen LogP contribution in [0.4, 0.5) is 5.69 Å². The fourth-order valence-electron chi connectivity index (χ4n) is 3.29. The van der Waals surface area contributed by atoms with E-state index in [2.05, 4.69) is 36.1 Å². The monoisotopic (exact) mass is 313 g/mol. The van der Waals surface area contributed by atoms with E-state index in [1.54, 1.807) is 14.2 Å². The first kappa shape index (κ1) is 15.7. The number of aliphatic hydroxyl groups is 1. The van der Waals surface area contributed by atoms with E-state index in [1.165, 1.54) is 16.8 Å². The maximum absolute atomic E-state index is 9.19. The summed E-state index contributed by atoms with van der Waals surface area (Å²) >= 11 is 0. The molecule has 1 aliphatic heterocycles. The second-order valence-corrected chi connectivity index (χ2v) is 5.85. The molecule has 0 bridgehead atoms. The van der Waals surface area contributed by atoms with E-state index in [9.17, 15) is 5.11 Å². The van der Waals surface area contributed by atoms with Crippen molar-refractivity contribution in [2.45, 2.75) is 26.0 Å². The summed E-state index contributed by atoms with van der Waals surface area (Å²) in [7, 11) is 3.34. The number of rotatable bonds is 4. The summed E-state index contributed by atoms with van der Waals surface area (Å²) in [6.07, 6.45) is 0.974. The molecule has 0 aromatic heterocycles. The lowest BCUT2D eigenvalue weighted by Crippen LogP contribution is -2.34. The number of fused-ring (bicyclic) bond motifs is 1. The number of aliphatic hydroxyl groups excluding tert-OH is 1. The molecular formula is C19H23NO3. The topological polar surface area (TPSA) is 41.9 Å². The maximum atomic E-state index is 9.19. The number of ether oxygens (including phenoxy) is 2. The van der Waals surface area contributed by atoms with Crippen LogP contribution >= 0.6 is 0 Å². The molecule has 23 heavy (non-hydrogen) atoms. The van der Waals surface area contributed by atoms with Crippen molar-refractivity contribution >= 4 is 5.69 Å². The quantitative estimate of drug-likeness (QED) is 0.940. The Hall–Kier alpha value is -2.20. The molecule has 1 atom stereocenters. The SMILES string of the molecule is COc1cc2c(cc1OC)C(C)N(c1ccc(CO)cc1)CC2. The van der Waals surface area contributed by atoms with Gasteiger partial charge in [0, 0.05) is 12.2 Å². The van der Waals surface area contributed by atoms with Gasteiger partial charge in [0.05, 0.1) is 26.9 Å². The molecule has 1 aliphatic rings. The first-order valence-electron chi connectivity index (χ1n) is 7.89. The van der Waals surface area contributed by atoms with Gasteiger partial charge in [0.25, 0.3) is 0 Å². The van der Waals surface area contributed by atoms with Gasteiger partial charge >= 0.3 is 0 Å². The summed E-state index contributed by atoms with van der Waals surface area (Å²) in [6, 6.07) is 12.6. The smallest absolute Gasteiger partial charge is 0.161 e. The molecule has 0 saturated carbocycles. The highest BCUT2D eigenvalue weighted by molar-refractivity contribution is 5.56. The number of hydrogen-bond acceptors (Lipinski definition) is 4. The second kappa shape index (κ2) is 6.50. The molecule has 1 N–H and O–H groups in total. The lowest BCUT2D eigenvalue weighted by Gasteiger charge is -2.37. The molecular weight excluding hydrogens is 290 g/mol. The third-order valence-corrected chi connectivity index (χ3v) is 4.64. The summed E-state index contributed by atoms with van der Waals surface area (Å²) in [5, 5.41) is 9.19. The lowest BCUT2D eigenvalue weighted by atomic mass is 9.92. The Labute approximate surface area is 137 Å². The van der Waals surface area contributed by atoms with Gasteiger partial charge in [-0.1, -0.05) is 12.1 Å². The maximum Gasteiger partial charge on any atom is 0.161 e. The van der Waals surface area contributed by atoms with Crippen molar-refractivity contribution in [2.24, 2.45) is 0 Å². The molecule has 1 unspecified atom stereocenters.